The van der Waals surface area contributed by atoms with E-state index in [0.29, 0.717) is 50.5 Å². The molecule has 0 aromatic heterocycles. The number of halogens is 2. The zero-order chi connectivity index (χ0) is 36.1. The Labute approximate surface area is 286 Å². The molecule has 266 valence electrons. The Kier molecular flexibility index (Phi) is 14.8. The molecule has 0 saturated heterocycles. The van der Waals surface area contributed by atoms with Crippen molar-refractivity contribution in [1.29, 1.82) is 0 Å². The molecule has 0 aliphatic heterocycles. The molecule has 0 bridgehead atoms. The van der Waals surface area contributed by atoms with Crippen LogP contribution in [0.4, 0.5) is 8.78 Å². The molecule has 14 heteroatoms. The molecular formula is C35H45F2N5O6S. The monoisotopic (exact) mass is 701 g/mol. The van der Waals surface area contributed by atoms with Crippen molar-refractivity contribution in [3.8, 4) is 0 Å². The SMILES string of the molecule is CCCCN(CC(O)C(Cc1cc(F)cc(F)c1)NC(=O)c1cc(C(=O)N(CCC)CCC)cc(S(N)(=O)=O)c1)NC(=O)c1ccccc1. The summed E-state index contributed by atoms with van der Waals surface area (Å²) < 4.78 is 53.1. The van der Waals surface area contributed by atoms with Crippen LogP contribution in [-0.2, 0) is 16.4 Å². The Morgan fingerprint density at radius 2 is 1.43 bits per heavy atom. The van der Waals surface area contributed by atoms with E-state index in [0.717, 1.165) is 30.7 Å². The van der Waals surface area contributed by atoms with Crippen LogP contribution in [0.2, 0.25) is 0 Å². The topological polar surface area (TPSA) is 162 Å². The first kappa shape index (κ1) is 39.2. The summed E-state index contributed by atoms with van der Waals surface area (Å²) in [7, 11) is -4.36. The van der Waals surface area contributed by atoms with Crippen LogP contribution >= 0.6 is 0 Å². The molecule has 0 radical (unpaired) electrons. The van der Waals surface area contributed by atoms with Gasteiger partial charge in [-0.15, -0.1) is 0 Å². The molecule has 0 aliphatic rings. The number of carbonyl (C=O) groups excluding carboxylic acids is 3. The lowest BCUT2D eigenvalue weighted by molar-refractivity contribution is 0.0446. The Morgan fingerprint density at radius 3 is 2.00 bits per heavy atom. The van der Waals surface area contributed by atoms with Gasteiger partial charge in [0.15, 0.2) is 0 Å². The molecule has 11 nitrogen and oxygen atoms in total. The van der Waals surface area contributed by atoms with E-state index < -0.39 is 56.4 Å². The lowest BCUT2D eigenvalue weighted by Gasteiger charge is -2.30. The number of primary sulfonamides is 1. The van der Waals surface area contributed by atoms with Crippen LogP contribution in [0.5, 0.6) is 0 Å². The fourth-order valence-electron chi connectivity index (χ4n) is 5.27. The van der Waals surface area contributed by atoms with Crippen LogP contribution in [-0.4, -0.2) is 79.5 Å². The largest absolute Gasteiger partial charge is 0.390 e. The van der Waals surface area contributed by atoms with Crippen LogP contribution in [0.25, 0.3) is 0 Å². The van der Waals surface area contributed by atoms with E-state index in [2.05, 4.69) is 10.7 Å². The zero-order valence-electron chi connectivity index (χ0n) is 28.0. The standard InChI is InChI=1S/C35H45F2N5O6S/c1-4-7-15-42(40-34(45)25-11-9-8-10-12-25)23-32(43)31(18-24-16-28(36)22-29(37)17-24)39-33(44)26-19-27(21-30(20-26)49(38,47)48)35(46)41(13-5-2)14-6-3/h8-12,16-17,19-22,31-32,43H,4-7,13-15,18,23H2,1-3H3,(H,39,44)(H,40,45)(H2,38,47,48). The van der Waals surface area contributed by atoms with Crippen molar-refractivity contribution in [2.24, 2.45) is 5.14 Å². The fraction of sp³-hybridized carbons (Fsp3) is 0.400. The number of benzene rings is 3. The Bertz CT molecular complexity index is 1670. The van der Waals surface area contributed by atoms with Crippen molar-refractivity contribution in [1.82, 2.24) is 20.7 Å². The summed E-state index contributed by atoms with van der Waals surface area (Å²) in [6, 6.07) is 13.4. The number of hydrogen-bond donors (Lipinski definition) is 4. The van der Waals surface area contributed by atoms with Gasteiger partial charge in [0.2, 0.25) is 10.0 Å². The van der Waals surface area contributed by atoms with Gasteiger partial charge in [-0.25, -0.2) is 27.3 Å². The molecule has 2 atom stereocenters. The minimum absolute atomic E-state index is 0.0720. The number of hydrazine groups is 1. The predicted octanol–water partition coefficient (Wildman–Crippen LogP) is 4.02. The highest BCUT2D eigenvalue weighted by Gasteiger charge is 2.28. The predicted molar refractivity (Wildman–Crippen MR) is 182 cm³/mol. The van der Waals surface area contributed by atoms with Crippen molar-refractivity contribution in [3.63, 3.8) is 0 Å². The molecule has 5 N–H and O–H groups in total. The van der Waals surface area contributed by atoms with E-state index in [-0.39, 0.29) is 29.7 Å². The van der Waals surface area contributed by atoms with Gasteiger partial charge in [-0.3, -0.25) is 19.8 Å². The molecule has 49 heavy (non-hydrogen) atoms. The molecule has 0 spiro atoms. The maximum absolute atomic E-state index is 14.2. The number of aliphatic hydroxyl groups is 1. The number of rotatable bonds is 18. The van der Waals surface area contributed by atoms with Crippen molar-refractivity contribution in [3.05, 3.63) is 101 Å². The molecule has 3 aromatic carbocycles. The number of amides is 3. The van der Waals surface area contributed by atoms with E-state index in [1.165, 1.54) is 11.1 Å². The third kappa shape index (κ3) is 12.0. The Balaban J connectivity index is 1.98. The maximum atomic E-state index is 14.2. The lowest BCUT2D eigenvalue weighted by Crippen LogP contribution is -2.53. The third-order valence-electron chi connectivity index (χ3n) is 7.66. The smallest absolute Gasteiger partial charge is 0.265 e. The number of nitrogens with one attached hydrogen (secondary N) is 2. The summed E-state index contributed by atoms with van der Waals surface area (Å²) in [5.41, 5.74) is 2.98. The minimum atomic E-state index is -4.36. The van der Waals surface area contributed by atoms with Gasteiger partial charge in [-0.05, 0) is 73.7 Å². The summed E-state index contributed by atoms with van der Waals surface area (Å²) in [5, 5.41) is 21.1. The van der Waals surface area contributed by atoms with E-state index in [1.807, 2.05) is 20.8 Å². The van der Waals surface area contributed by atoms with Gasteiger partial charge in [-0.2, -0.15) is 0 Å². The highest BCUT2D eigenvalue weighted by Crippen LogP contribution is 2.19. The maximum Gasteiger partial charge on any atom is 0.265 e. The average molecular weight is 702 g/mol. The first-order valence-electron chi connectivity index (χ1n) is 16.3. The number of hydrogen-bond acceptors (Lipinski definition) is 7. The van der Waals surface area contributed by atoms with Crippen molar-refractivity contribution >= 4 is 27.7 Å². The first-order valence-corrected chi connectivity index (χ1v) is 17.8. The van der Waals surface area contributed by atoms with Gasteiger partial charge in [-0.1, -0.05) is 45.4 Å². The van der Waals surface area contributed by atoms with Gasteiger partial charge in [0.05, 0.1) is 17.0 Å². The normalized spacial score (nSPS) is 12.7. The van der Waals surface area contributed by atoms with Gasteiger partial charge in [0.1, 0.15) is 11.6 Å². The van der Waals surface area contributed by atoms with Gasteiger partial charge in [0.25, 0.3) is 17.7 Å². The van der Waals surface area contributed by atoms with Crippen LogP contribution in [0.1, 0.15) is 83.1 Å². The van der Waals surface area contributed by atoms with E-state index >= 15 is 0 Å². The second-order valence-electron chi connectivity index (χ2n) is 11.8. The third-order valence-corrected chi connectivity index (χ3v) is 8.55. The summed E-state index contributed by atoms with van der Waals surface area (Å²) in [6.45, 7) is 6.70. The number of nitrogens with zero attached hydrogens (tertiary/aromatic N) is 2. The second-order valence-corrected chi connectivity index (χ2v) is 13.4. The molecular weight excluding hydrogens is 656 g/mol. The summed E-state index contributed by atoms with van der Waals surface area (Å²) in [4.78, 5) is 41.2. The number of unbranched alkanes of at least 4 members (excludes halogenated alkanes) is 1. The molecule has 3 aromatic rings. The highest BCUT2D eigenvalue weighted by molar-refractivity contribution is 7.89. The molecule has 3 rings (SSSR count). The molecule has 3 amide bonds. The average Bonchev–Trinajstić information content (AvgIpc) is 3.05. The summed E-state index contributed by atoms with van der Waals surface area (Å²) >= 11 is 0. The van der Waals surface area contributed by atoms with Crippen LogP contribution in [0.15, 0.2) is 71.6 Å². The number of nitrogens with two attached hydrogens (primary N) is 1. The van der Waals surface area contributed by atoms with E-state index in [4.69, 9.17) is 5.14 Å². The van der Waals surface area contributed by atoms with Crippen LogP contribution in [0.3, 0.4) is 0 Å². The summed E-state index contributed by atoms with van der Waals surface area (Å²) in [5.74, 6) is -3.50. The number of aliphatic hydroxyl groups excluding tert-OH is 1. The molecule has 0 saturated carbocycles. The van der Waals surface area contributed by atoms with Crippen LogP contribution < -0.4 is 15.9 Å². The second kappa shape index (κ2) is 18.5. The Morgan fingerprint density at radius 1 is 0.816 bits per heavy atom. The van der Waals surface area contributed by atoms with Crippen molar-refractivity contribution in [2.45, 2.75) is 69.9 Å². The van der Waals surface area contributed by atoms with Gasteiger partial charge in [0, 0.05) is 48.9 Å². The van der Waals surface area contributed by atoms with Crippen molar-refractivity contribution in [2.75, 3.05) is 26.2 Å². The highest BCUT2D eigenvalue weighted by atomic mass is 32.2. The van der Waals surface area contributed by atoms with E-state index in [1.54, 1.807) is 35.2 Å². The van der Waals surface area contributed by atoms with Gasteiger partial charge < -0.3 is 15.3 Å². The zero-order valence-corrected chi connectivity index (χ0v) is 28.8. The molecule has 0 heterocycles. The van der Waals surface area contributed by atoms with E-state index in [9.17, 15) is 36.7 Å². The lowest BCUT2D eigenvalue weighted by atomic mass is 9.99. The first-order chi connectivity index (χ1) is 23.2. The molecule has 2 unspecified atom stereocenters. The number of carbonyl (C=O) groups is 3. The summed E-state index contributed by atoms with van der Waals surface area (Å²) in [6.07, 6.45) is 1.07. The van der Waals surface area contributed by atoms with Crippen molar-refractivity contribution < 1.29 is 36.7 Å². The fourth-order valence-corrected chi connectivity index (χ4v) is 5.85. The van der Waals surface area contributed by atoms with Gasteiger partial charge >= 0.3 is 0 Å². The quantitative estimate of drug-likeness (QED) is 0.146. The minimum Gasteiger partial charge on any atom is -0.390 e. The molecule has 0 fully saturated rings. The van der Waals surface area contributed by atoms with Crippen LogP contribution in [0, 0.1) is 11.6 Å². The molecule has 0 aliphatic carbocycles. The number of sulfonamides is 1. The Hall–Kier alpha value is -4.24.